The summed E-state index contributed by atoms with van der Waals surface area (Å²) in [6.07, 6.45) is 1.05. The summed E-state index contributed by atoms with van der Waals surface area (Å²) in [4.78, 5) is 0. The summed E-state index contributed by atoms with van der Waals surface area (Å²) in [6, 6.07) is 0.919. The van der Waals surface area contributed by atoms with E-state index in [-0.39, 0.29) is 0 Å². The first kappa shape index (κ1) is 12.9. The lowest BCUT2D eigenvalue weighted by Crippen LogP contribution is -2.38. The molecule has 0 aromatic rings. The third kappa shape index (κ3) is 8.22. The van der Waals surface area contributed by atoms with E-state index in [1.54, 1.807) is 7.11 Å². The van der Waals surface area contributed by atoms with Gasteiger partial charge in [-0.05, 0) is 27.2 Å². The van der Waals surface area contributed by atoms with Crippen LogP contribution in [0.2, 0.25) is 0 Å². The monoisotopic (exact) mass is 189 g/mol. The van der Waals surface area contributed by atoms with Crippen LogP contribution < -0.4 is 5.32 Å². The Morgan fingerprint density at radius 1 is 1.23 bits per heavy atom. The SMILES string of the molecule is CCOCC(C)NC(C)CCOC. The van der Waals surface area contributed by atoms with Crippen molar-refractivity contribution in [2.24, 2.45) is 0 Å². The summed E-state index contributed by atoms with van der Waals surface area (Å²) in [5.41, 5.74) is 0. The van der Waals surface area contributed by atoms with E-state index in [2.05, 4.69) is 19.2 Å². The molecule has 0 aliphatic carbocycles. The fourth-order valence-corrected chi connectivity index (χ4v) is 1.21. The normalized spacial score (nSPS) is 15.7. The van der Waals surface area contributed by atoms with Gasteiger partial charge in [0.2, 0.25) is 0 Å². The van der Waals surface area contributed by atoms with E-state index in [1.807, 2.05) is 6.92 Å². The van der Waals surface area contributed by atoms with Crippen LogP contribution in [0.1, 0.15) is 27.2 Å². The standard InChI is InChI=1S/C10H23NO2/c1-5-13-8-10(3)11-9(2)6-7-12-4/h9-11H,5-8H2,1-4H3. The van der Waals surface area contributed by atoms with Gasteiger partial charge in [-0.1, -0.05) is 0 Å². The molecule has 80 valence electrons. The predicted octanol–water partition coefficient (Wildman–Crippen LogP) is 1.43. The Kier molecular flexibility index (Phi) is 8.40. The molecule has 0 aromatic carbocycles. The van der Waals surface area contributed by atoms with Gasteiger partial charge in [-0.3, -0.25) is 0 Å². The molecule has 0 spiro atoms. The van der Waals surface area contributed by atoms with Gasteiger partial charge >= 0.3 is 0 Å². The second-order valence-corrected chi connectivity index (χ2v) is 3.41. The van der Waals surface area contributed by atoms with E-state index >= 15 is 0 Å². The van der Waals surface area contributed by atoms with Gasteiger partial charge in [0, 0.05) is 32.4 Å². The van der Waals surface area contributed by atoms with Gasteiger partial charge < -0.3 is 14.8 Å². The van der Waals surface area contributed by atoms with Crippen LogP contribution in [0.3, 0.4) is 0 Å². The fraction of sp³-hybridized carbons (Fsp3) is 1.00. The van der Waals surface area contributed by atoms with E-state index in [4.69, 9.17) is 9.47 Å². The molecule has 0 aromatic heterocycles. The molecule has 13 heavy (non-hydrogen) atoms. The first-order valence-corrected chi connectivity index (χ1v) is 5.03. The molecule has 0 radical (unpaired) electrons. The lowest BCUT2D eigenvalue weighted by Gasteiger charge is -2.19. The Morgan fingerprint density at radius 2 is 1.92 bits per heavy atom. The van der Waals surface area contributed by atoms with Crippen molar-refractivity contribution in [3.63, 3.8) is 0 Å². The van der Waals surface area contributed by atoms with Crippen LogP contribution in [-0.4, -0.2) is 39.0 Å². The Balaban J connectivity index is 3.35. The summed E-state index contributed by atoms with van der Waals surface area (Å²) in [5.74, 6) is 0. The average molecular weight is 189 g/mol. The van der Waals surface area contributed by atoms with Crippen LogP contribution in [0.5, 0.6) is 0 Å². The summed E-state index contributed by atoms with van der Waals surface area (Å²) < 4.78 is 10.3. The van der Waals surface area contributed by atoms with Crippen LogP contribution in [0.15, 0.2) is 0 Å². The Morgan fingerprint density at radius 3 is 2.46 bits per heavy atom. The Bertz CT molecular complexity index is 97.1. The summed E-state index contributed by atoms with van der Waals surface area (Å²) in [7, 11) is 1.73. The molecule has 3 nitrogen and oxygen atoms in total. The van der Waals surface area contributed by atoms with Gasteiger partial charge in [0.05, 0.1) is 6.61 Å². The van der Waals surface area contributed by atoms with Crippen LogP contribution in [0, 0.1) is 0 Å². The molecule has 3 heteroatoms. The van der Waals surface area contributed by atoms with E-state index in [0.29, 0.717) is 12.1 Å². The van der Waals surface area contributed by atoms with Crippen LogP contribution >= 0.6 is 0 Å². The molecule has 0 amide bonds. The van der Waals surface area contributed by atoms with Gasteiger partial charge in [0.25, 0.3) is 0 Å². The molecule has 2 atom stereocenters. The van der Waals surface area contributed by atoms with Crippen LogP contribution in [-0.2, 0) is 9.47 Å². The molecule has 2 unspecified atom stereocenters. The first-order chi connectivity index (χ1) is 6.20. The van der Waals surface area contributed by atoms with E-state index in [1.165, 1.54) is 0 Å². The van der Waals surface area contributed by atoms with E-state index in [0.717, 1.165) is 26.2 Å². The summed E-state index contributed by atoms with van der Waals surface area (Å²) >= 11 is 0. The molecule has 0 aliphatic heterocycles. The number of ether oxygens (including phenoxy) is 2. The molecule has 0 aliphatic rings. The van der Waals surface area contributed by atoms with Crippen molar-refractivity contribution in [2.75, 3.05) is 26.9 Å². The van der Waals surface area contributed by atoms with Crippen molar-refractivity contribution < 1.29 is 9.47 Å². The molecule has 1 N–H and O–H groups in total. The van der Waals surface area contributed by atoms with Gasteiger partial charge in [-0.15, -0.1) is 0 Å². The van der Waals surface area contributed by atoms with Crippen molar-refractivity contribution in [1.82, 2.24) is 5.32 Å². The minimum absolute atomic E-state index is 0.423. The van der Waals surface area contributed by atoms with Gasteiger partial charge in [0.1, 0.15) is 0 Å². The number of rotatable bonds is 8. The maximum atomic E-state index is 5.31. The smallest absolute Gasteiger partial charge is 0.0616 e. The third-order valence-electron chi connectivity index (χ3n) is 1.90. The highest BCUT2D eigenvalue weighted by Gasteiger charge is 2.06. The van der Waals surface area contributed by atoms with Crippen LogP contribution in [0.4, 0.5) is 0 Å². The quantitative estimate of drug-likeness (QED) is 0.626. The molecule has 0 fully saturated rings. The number of hydrogen-bond acceptors (Lipinski definition) is 3. The molecular formula is C10H23NO2. The molecular weight excluding hydrogens is 166 g/mol. The fourth-order valence-electron chi connectivity index (χ4n) is 1.21. The summed E-state index contributed by atoms with van der Waals surface area (Å²) in [6.45, 7) is 8.71. The molecule has 0 saturated carbocycles. The Hall–Kier alpha value is -0.120. The lowest BCUT2D eigenvalue weighted by molar-refractivity contribution is 0.120. The highest BCUT2D eigenvalue weighted by Crippen LogP contribution is 1.94. The maximum absolute atomic E-state index is 5.31. The third-order valence-corrected chi connectivity index (χ3v) is 1.90. The topological polar surface area (TPSA) is 30.5 Å². The Labute approximate surface area is 81.8 Å². The predicted molar refractivity (Wildman–Crippen MR) is 55.0 cm³/mol. The maximum Gasteiger partial charge on any atom is 0.0616 e. The van der Waals surface area contributed by atoms with Crippen molar-refractivity contribution >= 4 is 0 Å². The van der Waals surface area contributed by atoms with Crippen molar-refractivity contribution in [1.29, 1.82) is 0 Å². The largest absolute Gasteiger partial charge is 0.385 e. The van der Waals surface area contributed by atoms with Gasteiger partial charge in [0.15, 0.2) is 0 Å². The zero-order valence-corrected chi connectivity index (χ0v) is 9.30. The lowest BCUT2D eigenvalue weighted by atomic mass is 10.2. The molecule has 0 saturated heterocycles. The number of nitrogens with one attached hydrogen (secondary N) is 1. The zero-order valence-electron chi connectivity index (χ0n) is 9.30. The van der Waals surface area contributed by atoms with Crippen LogP contribution in [0.25, 0.3) is 0 Å². The molecule has 0 rings (SSSR count). The number of hydrogen-bond donors (Lipinski definition) is 1. The minimum atomic E-state index is 0.423. The zero-order chi connectivity index (χ0) is 10.1. The minimum Gasteiger partial charge on any atom is -0.385 e. The second kappa shape index (κ2) is 8.48. The molecule has 0 heterocycles. The molecule has 0 bridgehead atoms. The average Bonchev–Trinajstić information content (AvgIpc) is 2.11. The second-order valence-electron chi connectivity index (χ2n) is 3.41. The highest BCUT2D eigenvalue weighted by atomic mass is 16.5. The van der Waals surface area contributed by atoms with Gasteiger partial charge in [-0.25, -0.2) is 0 Å². The van der Waals surface area contributed by atoms with Crippen molar-refractivity contribution in [2.45, 2.75) is 39.3 Å². The number of methoxy groups -OCH3 is 1. The van der Waals surface area contributed by atoms with E-state index < -0.39 is 0 Å². The van der Waals surface area contributed by atoms with E-state index in [9.17, 15) is 0 Å². The van der Waals surface area contributed by atoms with Crippen molar-refractivity contribution in [3.8, 4) is 0 Å². The van der Waals surface area contributed by atoms with Gasteiger partial charge in [-0.2, -0.15) is 0 Å². The highest BCUT2D eigenvalue weighted by molar-refractivity contribution is 4.66. The summed E-state index contributed by atoms with van der Waals surface area (Å²) in [5, 5.41) is 3.44. The first-order valence-electron chi connectivity index (χ1n) is 5.03. The van der Waals surface area contributed by atoms with Crippen molar-refractivity contribution in [3.05, 3.63) is 0 Å².